The zero-order chi connectivity index (χ0) is 71.4. The summed E-state index contributed by atoms with van der Waals surface area (Å²) in [5, 5.41) is 11.0. The fraction of sp³-hybridized carbons (Fsp3) is 0. The molecule has 108 heavy (non-hydrogen) atoms. The van der Waals surface area contributed by atoms with E-state index < -0.39 is 0 Å². The molecule has 0 saturated heterocycles. The molecule has 0 fully saturated rings. The van der Waals surface area contributed by atoms with Crippen molar-refractivity contribution in [3.05, 3.63) is 353 Å². The van der Waals surface area contributed by atoms with Gasteiger partial charge in [0.2, 0.25) is 0 Å². The summed E-state index contributed by atoms with van der Waals surface area (Å²) in [5.41, 5.74) is 25.9. The molecule has 0 bridgehead atoms. The normalized spacial score (nSPS) is 11.5. The first-order valence-corrected chi connectivity index (χ1v) is 35.8. The number of hydrogen-bond donors (Lipinski definition) is 0. The summed E-state index contributed by atoms with van der Waals surface area (Å²) in [4.78, 5) is 57.8. The van der Waals surface area contributed by atoms with Crippen molar-refractivity contribution in [2.24, 2.45) is 0 Å². The lowest BCUT2D eigenvalue weighted by Crippen LogP contribution is -1.97. The van der Waals surface area contributed by atoms with Crippen molar-refractivity contribution < 1.29 is 0 Å². The second kappa shape index (κ2) is 26.7. The van der Waals surface area contributed by atoms with E-state index in [1.54, 1.807) is 12.5 Å². The van der Waals surface area contributed by atoms with E-state index in [0.29, 0.717) is 5.82 Å². The minimum atomic E-state index is 0.669. The van der Waals surface area contributed by atoms with Crippen LogP contribution in [0.15, 0.2) is 353 Å². The van der Waals surface area contributed by atoms with Crippen molar-refractivity contribution in [3.8, 4) is 113 Å². The first kappa shape index (κ1) is 62.9. The van der Waals surface area contributed by atoms with E-state index in [2.05, 4.69) is 263 Å². The van der Waals surface area contributed by atoms with Crippen LogP contribution < -0.4 is 0 Å². The van der Waals surface area contributed by atoms with E-state index in [4.69, 9.17) is 39.9 Å². The molecule has 0 spiro atoms. The number of benzene rings is 11. The Hall–Kier alpha value is -14.9. The second-order valence-electron chi connectivity index (χ2n) is 26.9. The molecule has 0 unspecified atom stereocenters. The van der Waals surface area contributed by atoms with Gasteiger partial charge in [0.25, 0.3) is 0 Å². The smallest absolute Gasteiger partial charge is 0.160 e. The Bertz CT molecular complexity index is 7060. The Morgan fingerprint density at radius 3 is 1.06 bits per heavy atom. The topological polar surface area (TPSA) is 155 Å². The summed E-state index contributed by atoms with van der Waals surface area (Å²) >= 11 is 0. The van der Waals surface area contributed by atoms with Gasteiger partial charge < -0.3 is 0 Å². The highest BCUT2D eigenvalue weighted by atomic mass is 14.9. The molecule has 12 heteroatoms. The summed E-state index contributed by atoms with van der Waals surface area (Å²) in [6.07, 6.45) is 6.93. The van der Waals surface area contributed by atoms with Crippen LogP contribution in [0.1, 0.15) is 0 Å². The van der Waals surface area contributed by atoms with Crippen LogP contribution in [0.4, 0.5) is 0 Å². The molecule has 21 aromatic rings. The van der Waals surface area contributed by atoms with Crippen molar-refractivity contribution in [3.63, 3.8) is 0 Å². The molecule has 0 atom stereocenters. The van der Waals surface area contributed by atoms with E-state index >= 15 is 0 Å². The lowest BCUT2D eigenvalue weighted by atomic mass is 9.99. The van der Waals surface area contributed by atoms with Crippen molar-refractivity contribution in [1.82, 2.24) is 59.8 Å². The second-order valence-corrected chi connectivity index (χ2v) is 26.9. The molecule has 0 aliphatic rings. The molecule has 11 aromatic carbocycles. The molecule has 10 heterocycles. The standard InChI is InChI=1S/C56H34N6.C40H24N6/c1-3-8-35(9-4-1)52-34-53(62-56(61-52)39-10-5-2-6-11-39)50-28-21-36-13-16-43(33-51(36)59-50)42-23-26-47-46(32-42)24-27-48(58-47)44-19-17-41-31-45(20-18-40(41)30-44)49-25-22-38-15-14-37-12-7-29-57-54(37)55(38)60-49;1-2-28-8-9-29-12-15-34(46-40(29)39(28)42-20-1)26-5-3-25(4-6-26)33-17-14-32-22-30(13-16-35(32)44-33)31-10-7-27-11-18-37(45-38(27)23-31)36-19-21-41-24-43-36/h1-34H;1-24H. The number of pyridine rings is 8. The predicted octanol–water partition coefficient (Wildman–Crippen LogP) is 23.2. The highest BCUT2D eigenvalue weighted by molar-refractivity contribution is 6.05. The van der Waals surface area contributed by atoms with Gasteiger partial charge >= 0.3 is 0 Å². The van der Waals surface area contributed by atoms with Gasteiger partial charge in [-0.1, -0.05) is 218 Å². The van der Waals surface area contributed by atoms with E-state index in [-0.39, 0.29) is 0 Å². The van der Waals surface area contributed by atoms with Gasteiger partial charge in [-0.25, -0.2) is 49.8 Å². The number of aromatic nitrogens is 12. The minimum Gasteiger partial charge on any atom is -0.254 e. The zero-order valence-corrected chi connectivity index (χ0v) is 57.9. The molecule has 0 aliphatic heterocycles. The first-order chi connectivity index (χ1) is 53.4. The van der Waals surface area contributed by atoms with E-state index in [1.165, 1.54) is 0 Å². The van der Waals surface area contributed by atoms with Crippen molar-refractivity contribution in [2.45, 2.75) is 0 Å². The molecule has 0 amide bonds. The fourth-order valence-corrected chi connectivity index (χ4v) is 14.4. The van der Waals surface area contributed by atoms with Gasteiger partial charge in [-0.2, -0.15) is 0 Å². The van der Waals surface area contributed by atoms with Gasteiger partial charge in [-0.05, 0) is 142 Å². The highest BCUT2D eigenvalue weighted by Crippen LogP contribution is 2.37. The van der Waals surface area contributed by atoms with Crippen LogP contribution in [0, 0.1) is 0 Å². The van der Waals surface area contributed by atoms with Crippen LogP contribution in [-0.4, -0.2) is 59.8 Å². The number of rotatable bonds is 10. The number of hydrogen-bond acceptors (Lipinski definition) is 12. The zero-order valence-electron chi connectivity index (χ0n) is 57.9. The van der Waals surface area contributed by atoms with Crippen LogP contribution in [0.3, 0.4) is 0 Å². The van der Waals surface area contributed by atoms with E-state index in [9.17, 15) is 0 Å². The molecule has 21 rings (SSSR count). The predicted molar refractivity (Wildman–Crippen MR) is 438 cm³/mol. The van der Waals surface area contributed by atoms with Gasteiger partial charge in [-0.3, -0.25) is 9.97 Å². The quantitative estimate of drug-likeness (QED) is 0.120. The molecule has 0 radical (unpaired) electrons. The summed E-state index contributed by atoms with van der Waals surface area (Å²) in [6.45, 7) is 0. The lowest BCUT2D eigenvalue weighted by Gasteiger charge is -2.10. The molecule has 12 nitrogen and oxygen atoms in total. The molecule has 0 N–H and O–H groups in total. The van der Waals surface area contributed by atoms with Gasteiger partial charge in [0.1, 0.15) is 6.33 Å². The molecular weight excluding hydrogens is 1320 g/mol. The number of nitrogens with zero attached hydrogens (tertiary/aromatic N) is 12. The third-order valence-electron chi connectivity index (χ3n) is 20.1. The maximum absolute atomic E-state index is 5.16. The van der Waals surface area contributed by atoms with Crippen LogP contribution in [0.25, 0.3) is 211 Å². The van der Waals surface area contributed by atoms with Crippen LogP contribution in [0.2, 0.25) is 0 Å². The van der Waals surface area contributed by atoms with E-state index in [1.807, 2.05) is 97.3 Å². The number of fused-ring (bicyclic) bond motifs is 11. The minimum absolute atomic E-state index is 0.669. The summed E-state index contributed by atoms with van der Waals surface area (Å²) in [5.74, 6) is 0.669. The van der Waals surface area contributed by atoms with Crippen LogP contribution >= 0.6 is 0 Å². The molecule has 0 aliphatic carbocycles. The average Bonchev–Trinajstić information content (AvgIpc) is 0.736. The maximum atomic E-state index is 5.16. The van der Waals surface area contributed by atoms with Crippen molar-refractivity contribution in [2.75, 3.05) is 0 Å². The Morgan fingerprint density at radius 1 is 0.157 bits per heavy atom. The third kappa shape index (κ3) is 12.1. The molecule has 0 saturated carbocycles. The van der Waals surface area contributed by atoms with Crippen molar-refractivity contribution in [1.29, 1.82) is 0 Å². The van der Waals surface area contributed by atoms with Gasteiger partial charge in [0.15, 0.2) is 5.82 Å². The summed E-state index contributed by atoms with van der Waals surface area (Å²) < 4.78 is 0. The fourth-order valence-electron chi connectivity index (χ4n) is 14.4. The van der Waals surface area contributed by atoms with Gasteiger partial charge in [0, 0.05) is 95.1 Å². The maximum Gasteiger partial charge on any atom is 0.160 e. The summed E-state index contributed by atoms with van der Waals surface area (Å²) in [7, 11) is 0. The average molecular weight is 1380 g/mol. The molecule has 10 aromatic heterocycles. The van der Waals surface area contributed by atoms with Gasteiger partial charge in [0.05, 0.1) is 95.4 Å². The first-order valence-electron chi connectivity index (χ1n) is 35.8. The molecular formula is C96H58N12. The Labute approximate surface area is 619 Å². The lowest BCUT2D eigenvalue weighted by molar-refractivity contribution is 1.16. The summed E-state index contributed by atoms with van der Waals surface area (Å²) in [6, 6.07) is 113. The Morgan fingerprint density at radius 2 is 0.528 bits per heavy atom. The Kier molecular flexibility index (Phi) is 15.6. The van der Waals surface area contributed by atoms with Crippen molar-refractivity contribution >= 4 is 98.0 Å². The van der Waals surface area contributed by atoms with Crippen LogP contribution in [0.5, 0.6) is 0 Å². The monoisotopic (exact) mass is 1380 g/mol. The Balaban J connectivity index is 0.000000149. The highest BCUT2D eigenvalue weighted by Gasteiger charge is 2.17. The largest absolute Gasteiger partial charge is 0.254 e. The SMILES string of the molecule is c1ccc(-c2cc(-c3ccc4ccc(-c5ccc6nc(-c7ccc8cc(-c9ccc%10ccc%11cccnc%11c%10n9)ccc8c7)ccc6c5)cc4n3)nc(-c3ccccc3)n2)cc1.c1cnc2c(c1)ccc1ccc(-c3ccc(-c4ccc5cc(-c6ccc7ccc(-c8ccncn8)nc7c6)ccc5n4)cc3)nc12. The molecule has 502 valence electrons. The van der Waals surface area contributed by atoms with Gasteiger partial charge in [-0.15, -0.1) is 0 Å². The van der Waals surface area contributed by atoms with E-state index in [0.717, 1.165) is 205 Å². The third-order valence-corrected chi connectivity index (χ3v) is 20.1. The van der Waals surface area contributed by atoms with Crippen LogP contribution in [-0.2, 0) is 0 Å².